The number of aliphatic hydroxyl groups excluding tert-OH is 1. The van der Waals surface area contributed by atoms with Gasteiger partial charge < -0.3 is 33.8 Å². The molecule has 0 spiro atoms. The van der Waals surface area contributed by atoms with Gasteiger partial charge in [-0.2, -0.15) is 0 Å². The summed E-state index contributed by atoms with van der Waals surface area (Å²) < 4.78 is 68.3. The second-order valence-electron chi connectivity index (χ2n) is 26.7. The topological polar surface area (TPSA) is 237 Å². The van der Waals surface area contributed by atoms with Crippen LogP contribution in [0.15, 0.2) is 0 Å². The summed E-state index contributed by atoms with van der Waals surface area (Å²) in [7, 11) is -9.90. The molecule has 0 aromatic carbocycles. The highest BCUT2D eigenvalue weighted by Crippen LogP contribution is 2.45. The molecule has 6 atom stereocenters. The van der Waals surface area contributed by atoms with Crippen molar-refractivity contribution in [3.8, 4) is 0 Å². The van der Waals surface area contributed by atoms with Crippen LogP contribution in [0, 0.1) is 11.8 Å². The van der Waals surface area contributed by atoms with Gasteiger partial charge in [-0.3, -0.25) is 37.3 Å². The average molecular weight is 1340 g/mol. The summed E-state index contributed by atoms with van der Waals surface area (Å²) in [6.45, 7) is 9.43. The second-order valence-corrected chi connectivity index (χ2v) is 29.6. The second kappa shape index (κ2) is 64.1. The number of carbonyl (C=O) groups is 4. The lowest BCUT2D eigenvalue weighted by molar-refractivity contribution is -0.161. The maximum Gasteiger partial charge on any atom is 0.472 e. The molecule has 0 aliphatic heterocycles. The number of phosphoric acid groups is 2. The van der Waals surface area contributed by atoms with Crippen molar-refractivity contribution >= 4 is 39.5 Å². The van der Waals surface area contributed by atoms with Gasteiger partial charge in [0.1, 0.15) is 19.3 Å². The minimum Gasteiger partial charge on any atom is -0.462 e. The van der Waals surface area contributed by atoms with Gasteiger partial charge in [0.2, 0.25) is 0 Å². The number of hydrogen-bond donors (Lipinski definition) is 3. The van der Waals surface area contributed by atoms with Gasteiger partial charge in [0.15, 0.2) is 12.2 Å². The molecule has 17 nitrogen and oxygen atoms in total. The van der Waals surface area contributed by atoms with E-state index < -0.39 is 97.5 Å². The van der Waals surface area contributed by atoms with Crippen molar-refractivity contribution in [2.45, 2.75) is 387 Å². The number of esters is 4. The molecule has 0 bridgehead atoms. The van der Waals surface area contributed by atoms with Crippen molar-refractivity contribution in [2.75, 3.05) is 39.6 Å². The fourth-order valence-electron chi connectivity index (χ4n) is 10.9. The first-order valence-electron chi connectivity index (χ1n) is 37.5. The Labute approximate surface area is 556 Å². The summed E-state index contributed by atoms with van der Waals surface area (Å²) in [5, 5.41) is 10.6. The molecular weight excluding hydrogens is 1200 g/mol. The summed E-state index contributed by atoms with van der Waals surface area (Å²) in [5.74, 6) is -0.726. The Morgan fingerprint density at radius 2 is 0.560 bits per heavy atom. The van der Waals surface area contributed by atoms with Crippen LogP contribution in [0.5, 0.6) is 0 Å². The highest BCUT2D eigenvalue weighted by atomic mass is 31.2. The molecule has 0 fully saturated rings. The van der Waals surface area contributed by atoms with E-state index >= 15 is 0 Å². The van der Waals surface area contributed by atoms with Crippen molar-refractivity contribution in [1.82, 2.24) is 0 Å². The molecule has 3 unspecified atom stereocenters. The molecule has 0 radical (unpaired) electrons. The van der Waals surface area contributed by atoms with Crippen molar-refractivity contribution in [3.05, 3.63) is 0 Å². The number of ether oxygens (including phenoxy) is 4. The summed E-state index contributed by atoms with van der Waals surface area (Å²) in [6, 6.07) is 0. The van der Waals surface area contributed by atoms with Crippen molar-refractivity contribution in [1.29, 1.82) is 0 Å². The zero-order valence-corrected chi connectivity index (χ0v) is 60.9. The Hall–Kier alpha value is -1.94. The minimum atomic E-state index is -4.95. The van der Waals surface area contributed by atoms with E-state index in [1.165, 1.54) is 180 Å². The third kappa shape index (κ3) is 65.1. The Kier molecular flexibility index (Phi) is 62.7. The molecule has 0 aliphatic carbocycles. The predicted octanol–water partition coefficient (Wildman–Crippen LogP) is 20.8. The number of phosphoric ester groups is 2. The van der Waals surface area contributed by atoms with E-state index in [2.05, 4.69) is 41.5 Å². The molecule has 0 aromatic rings. The smallest absolute Gasteiger partial charge is 0.462 e. The zero-order chi connectivity index (χ0) is 67.2. The van der Waals surface area contributed by atoms with Crippen LogP contribution in [0.1, 0.15) is 369 Å². The molecule has 0 saturated carbocycles. The maximum atomic E-state index is 13.0. The molecule has 0 rings (SSSR count). The number of carbonyl (C=O) groups excluding carboxylic acids is 4. The number of rotatable bonds is 71. The first-order valence-corrected chi connectivity index (χ1v) is 40.5. The molecule has 0 aliphatic rings. The lowest BCUT2D eigenvalue weighted by atomic mass is 10.00. The van der Waals surface area contributed by atoms with Gasteiger partial charge in [-0.15, -0.1) is 0 Å². The molecule has 0 aromatic heterocycles. The van der Waals surface area contributed by atoms with Crippen molar-refractivity contribution < 1.29 is 80.2 Å². The predicted molar refractivity (Wildman–Crippen MR) is 368 cm³/mol. The number of aliphatic hydroxyl groups is 1. The average Bonchev–Trinajstić information content (AvgIpc) is 3.73. The van der Waals surface area contributed by atoms with Gasteiger partial charge in [-0.1, -0.05) is 318 Å². The van der Waals surface area contributed by atoms with Crippen molar-refractivity contribution in [2.24, 2.45) is 11.8 Å². The SMILES string of the molecule is CCCCCCCCCCCCCCCCCCC(=O)OC[C@H](COP(=O)(O)OC[C@@H](O)COP(=O)(O)OC[C@@H](COC(=O)CCCCCCCCC(C)C)OC(=O)CCCCCCCCC(C)CC)OC(=O)CCCCCCCCCCCCCCCCCC. The quantitative estimate of drug-likeness (QED) is 0.0222. The Balaban J connectivity index is 5.23. The van der Waals surface area contributed by atoms with Crippen molar-refractivity contribution in [3.63, 3.8) is 0 Å². The van der Waals surface area contributed by atoms with Crippen LogP contribution in [0.25, 0.3) is 0 Å². The normalized spacial score (nSPS) is 14.4. The number of hydrogen-bond acceptors (Lipinski definition) is 15. The van der Waals surface area contributed by atoms with Crippen LogP contribution >= 0.6 is 15.6 Å². The van der Waals surface area contributed by atoms with E-state index in [9.17, 15) is 43.2 Å². The maximum absolute atomic E-state index is 13.0. The van der Waals surface area contributed by atoms with Gasteiger partial charge in [0, 0.05) is 25.7 Å². The molecule has 3 N–H and O–H groups in total. The fraction of sp³-hybridized carbons (Fsp3) is 0.944. The molecule has 540 valence electrons. The first-order chi connectivity index (χ1) is 43.9. The zero-order valence-electron chi connectivity index (χ0n) is 59.1. The molecule has 0 heterocycles. The van der Waals surface area contributed by atoms with E-state index in [0.717, 1.165) is 102 Å². The largest absolute Gasteiger partial charge is 0.472 e. The number of unbranched alkanes of at least 4 members (excludes halogenated alkanes) is 40. The Morgan fingerprint density at radius 1 is 0.319 bits per heavy atom. The van der Waals surface area contributed by atoms with E-state index in [1.807, 2.05) is 0 Å². The third-order valence-electron chi connectivity index (χ3n) is 17.1. The molecule has 19 heteroatoms. The lowest BCUT2D eigenvalue weighted by Crippen LogP contribution is -2.30. The first kappa shape index (κ1) is 89.1. The van der Waals surface area contributed by atoms with Gasteiger partial charge >= 0.3 is 39.5 Å². The summed E-state index contributed by atoms with van der Waals surface area (Å²) in [6.07, 6.45) is 50.2. The highest BCUT2D eigenvalue weighted by Gasteiger charge is 2.30. The highest BCUT2D eigenvalue weighted by molar-refractivity contribution is 7.47. The van der Waals surface area contributed by atoms with Crippen LogP contribution in [0.2, 0.25) is 0 Å². The van der Waals surface area contributed by atoms with Crippen LogP contribution in [-0.2, 0) is 65.4 Å². The molecule has 0 saturated heterocycles. The Morgan fingerprint density at radius 3 is 0.835 bits per heavy atom. The van der Waals surface area contributed by atoms with Crippen LogP contribution in [-0.4, -0.2) is 96.7 Å². The summed E-state index contributed by atoms with van der Waals surface area (Å²) >= 11 is 0. The van der Waals surface area contributed by atoms with Gasteiger partial charge in [-0.25, -0.2) is 9.13 Å². The van der Waals surface area contributed by atoms with Crippen LogP contribution in [0.3, 0.4) is 0 Å². The van der Waals surface area contributed by atoms with Gasteiger partial charge in [0.05, 0.1) is 26.4 Å². The van der Waals surface area contributed by atoms with Crippen LogP contribution in [0.4, 0.5) is 0 Å². The molecule has 0 amide bonds. The summed E-state index contributed by atoms with van der Waals surface area (Å²) in [4.78, 5) is 72.6. The van der Waals surface area contributed by atoms with E-state index in [-0.39, 0.29) is 25.7 Å². The van der Waals surface area contributed by atoms with Crippen LogP contribution < -0.4 is 0 Å². The van der Waals surface area contributed by atoms with E-state index in [4.69, 9.17) is 37.0 Å². The summed E-state index contributed by atoms with van der Waals surface area (Å²) in [5.41, 5.74) is 0. The lowest BCUT2D eigenvalue weighted by Gasteiger charge is -2.21. The third-order valence-corrected chi connectivity index (χ3v) is 19.0. The van der Waals surface area contributed by atoms with E-state index in [0.29, 0.717) is 31.6 Å². The van der Waals surface area contributed by atoms with E-state index in [1.54, 1.807) is 0 Å². The molecular formula is C72H140O17P2. The van der Waals surface area contributed by atoms with Gasteiger partial charge in [0.25, 0.3) is 0 Å². The van der Waals surface area contributed by atoms with Gasteiger partial charge in [-0.05, 0) is 37.5 Å². The Bertz CT molecular complexity index is 1770. The minimum absolute atomic E-state index is 0.102. The standard InChI is InChI=1S/C72H140O17P2/c1-7-10-12-14-16-18-20-22-24-26-28-30-32-34-42-48-54-69(74)82-60-67(88-71(76)56-50-44-35-33-31-29-27-25-23-21-19-17-15-13-11-8-2)62-86-90(78,79)84-58-66(73)59-85-91(80,81)87-63-68(61-83-70(75)55-49-43-38-36-40-46-52-64(4)5)89-72(77)57-51-45-39-37-41-47-53-65(6)9-3/h64-68,73H,7-63H2,1-6H3,(H,78,79)(H,80,81)/t65?,66-,67-,68-/m1/s1. The molecule has 91 heavy (non-hydrogen) atoms. The monoisotopic (exact) mass is 1340 g/mol. The fourth-order valence-corrected chi connectivity index (χ4v) is 12.5.